The van der Waals surface area contributed by atoms with Crippen molar-refractivity contribution in [2.24, 2.45) is 0 Å². The third-order valence-corrected chi connectivity index (χ3v) is 8.61. The molecule has 198 valence electrons. The van der Waals surface area contributed by atoms with E-state index in [1.165, 1.54) is 29.8 Å². The van der Waals surface area contributed by atoms with E-state index < -0.39 is 26.7 Å². The third kappa shape index (κ3) is 5.62. The summed E-state index contributed by atoms with van der Waals surface area (Å²) in [5.74, 6) is 0.0644. The summed E-state index contributed by atoms with van der Waals surface area (Å²) in [5.41, 5.74) is 6.93. The number of nitrogens with one attached hydrogen (secondary N) is 2. The fourth-order valence-electron chi connectivity index (χ4n) is 3.95. The molecule has 5 rings (SSSR count). The van der Waals surface area contributed by atoms with Gasteiger partial charge in [0.05, 0.1) is 20.7 Å². The first-order valence-corrected chi connectivity index (χ1v) is 13.7. The quantitative estimate of drug-likeness (QED) is 0.320. The number of alkyl halides is 3. The van der Waals surface area contributed by atoms with Gasteiger partial charge in [0.15, 0.2) is 5.13 Å². The molecule has 9 nitrogen and oxygen atoms in total. The normalized spacial score (nSPS) is 15.3. The first-order chi connectivity index (χ1) is 18.1. The van der Waals surface area contributed by atoms with E-state index in [9.17, 15) is 21.6 Å². The summed E-state index contributed by atoms with van der Waals surface area (Å²) in [7, 11) is -4.31. The van der Waals surface area contributed by atoms with E-state index in [0.29, 0.717) is 23.8 Å². The smallest absolute Gasteiger partial charge is 0.375 e. The average molecular weight is 562 g/mol. The number of thiazole rings is 1. The van der Waals surface area contributed by atoms with Crippen molar-refractivity contribution in [1.82, 2.24) is 24.6 Å². The number of nitrogen functional groups attached to an aromatic ring is 1. The number of sulfonamides is 1. The van der Waals surface area contributed by atoms with Crippen LogP contribution in [0.2, 0.25) is 0 Å². The largest absolute Gasteiger partial charge is 0.417 e. The summed E-state index contributed by atoms with van der Waals surface area (Å²) in [6.07, 6.45) is 1.82. The number of rotatable bonds is 6. The molecule has 1 aliphatic rings. The molecule has 0 atom stereocenters. The molecule has 2 aromatic heterocycles. The van der Waals surface area contributed by atoms with Gasteiger partial charge in [-0.1, -0.05) is 29.6 Å². The van der Waals surface area contributed by atoms with Gasteiger partial charge in [0.25, 0.3) is 0 Å². The molecule has 1 aliphatic heterocycles. The SMILES string of the molecule is Nc1nc2ccc(C=Cc3cnc(Nc4ccc(S(=O)(=O)N5CCNCC5)c(C(F)(F)F)c4)nc3)cc2s1. The van der Waals surface area contributed by atoms with Gasteiger partial charge < -0.3 is 16.4 Å². The Morgan fingerprint density at radius 3 is 2.45 bits per heavy atom. The van der Waals surface area contributed by atoms with E-state index in [0.717, 1.165) is 32.2 Å². The van der Waals surface area contributed by atoms with Crippen molar-refractivity contribution in [3.8, 4) is 0 Å². The number of anilines is 3. The van der Waals surface area contributed by atoms with E-state index in [4.69, 9.17) is 5.73 Å². The first-order valence-electron chi connectivity index (χ1n) is 11.4. The summed E-state index contributed by atoms with van der Waals surface area (Å²) < 4.78 is 69.5. The second-order valence-electron chi connectivity index (χ2n) is 8.44. The topological polar surface area (TPSA) is 126 Å². The molecular formula is C24H22F3N7O2S2. The van der Waals surface area contributed by atoms with Gasteiger partial charge in [0.2, 0.25) is 16.0 Å². The van der Waals surface area contributed by atoms with Gasteiger partial charge in [-0.3, -0.25) is 0 Å². The molecule has 3 heterocycles. The van der Waals surface area contributed by atoms with Crippen molar-refractivity contribution in [2.45, 2.75) is 11.1 Å². The number of hydrogen-bond donors (Lipinski definition) is 3. The van der Waals surface area contributed by atoms with Crippen LogP contribution in [0.15, 0.2) is 53.7 Å². The Labute approximate surface area is 220 Å². The summed E-state index contributed by atoms with van der Waals surface area (Å²) in [4.78, 5) is 11.8. The lowest BCUT2D eigenvalue weighted by molar-refractivity contribution is -0.139. The zero-order chi connectivity index (χ0) is 26.9. The van der Waals surface area contributed by atoms with Crippen LogP contribution in [-0.4, -0.2) is 53.9 Å². The second kappa shape index (κ2) is 10.3. The van der Waals surface area contributed by atoms with Crippen LogP contribution in [0.5, 0.6) is 0 Å². The van der Waals surface area contributed by atoms with Gasteiger partial charge in [-0.05, 0) is 35.9 Å². The number of fused-ring (bicyclic) bond motifs is 1. The Balaban J connectivity index is 1.33. The highest BCUT2D eigenvalue weighted by atomic mass is 32.2. The fraction of sp³-hybridized carbons (Fsp3) is 0.208. The van der Waals surface area contributed by atoms with Crippen LogP contribution < -0.4 is 16.4 Å². The Bertz CT molecular complexity index is 1600. The van der Waals surface area contributed by atoms with Gasteiger partial charge >= 0.3 is 6.18 Å². The summed E-state index contributed by atoms with van der Waals surface area (Å²) in [6, 6.07) is 8.73. The molecule has 4 N–H and O–H groups in total. The van der Waals surface area contributed by atoms with Crippen molar-refractivity contribution in [3.05, 3.63) is 65.5 Å². The summed E-state index contributed by atoms with van der Waals surface area (Å²) >= 11 is 1.39. The van der Waals surface area contributed by atoms with E-state index >= 15 is 0 Å². The standard InChI is InChI=1S/C24H22F3N7O2S2/c25-24(26,27)18-12-17(4-6-21(18)38(35,36)34-9-7-29-8-10-34)32-23-30-13-16(14-31-23)2-1-15-3-5-19-20(11-15)37-22(28)33-19/h1-6,11-14,29H,7-10H2,(H2,28,33)(H,30,31,32). The van der Waals surface area contributed by atoms with Gasteiger partial charge in [-0.25, -0.2) is 23.4 Å². The predicted octanol–water partition coefficient (Wildman–Crippen LogP) is 4.20. The predicted molar refractivity (Wildman–Crippen MR) is 141 cm³/mol. The van der Waals surface area contributed by atoms with Crippen molar-refractivity contribution in [1.29, 1.82) is 0 Å². The lowest BCUT2D eigenvalue weighted by Gasteiger charge is -2.28. The maximum Gasteiger partial charge on any atom is 0.417 e. The molecular weight excluding hydrogens is 539 g/mol. The monoisotopic (exact) mass is 561 g/mol. The van der Waals surface area contributed by atoms with Crippen molar-refractivity contribution < 1.29 is 21.6 Å². The highest BCUT2D eigenvalue weighted by molar-refractivity contribution is 7.89. The zero-order valence-electron chi connectivity index (χ0n) is 19.7. The van der Waals surface area contributed by atoms with Gasteiger partial charge in [0.1, 0.15) is 0 Å². The lowest BCUT2D eigenvalue weighted by atomic mass is 10.2. The number of hydrogen-bond acceptors (Lipinski definition) is 9. The molecule has 4 aromatic rings. The first kappa shape index (κ1) is 26.0. The van der Waals surface area contributed by atoms with E-state index in [1.54, 1.807) is 6.08 Å². The molecule has 0 radical (unpaired) electrons. The van der Waals surface area contributed by atoms with Crippen LogP contribution in [0.4, 0.5) is 29.9 Å². The van der Waals surface area contributed by atoms with Gasteiger partial charge in [-0.2, -0.15) is 17.5 Å². The molecule has 1 saturated heterocycles. The maximum absolute atomic E-state index is 13.9. The van der Waals surface area contributed by atoms with Crippen LogP contribution in [0.25, 0.3) is 22.4 Å². The van der Waals surface area contributed by atoms with Crippen LogP contribution in [0.1, 0.15) is 16.7 Å². The van der Waals surface area contributed by atoms with Crippen molar-refractivity contribution >= 4 is 60.5 Å². The van der Waals surface area contributed by atoms with Crippen molar-refractivity contribution in [2.75, 3.05) is 37.2 Å². The second-order valence-corrected chi connectivity index (χ2v) is 11.4. The minimum Gasteiger partial charge on any atom is -0.375 e. The molecule has 0 amide bonds. The number of halogens is 3. The maximum atomic E-state index is 13.9. The number of benzene rings is 2. The number of nitrogens with zero attached hydrogens (tertiary/aromatic N) is 4. The van der Waals surface area contributed by atoms with Crippen LogP contribution in [-0.2, 0) is 16.2 Å². The molecule has 0 bridgehead atoms. The number of aromatic nitrogens is 3. The third-order valence-electron chi connectivity index (χ3n) is 5.80. The average Bonchev–Trinajstić information content (AvgIpc) is 3.27. The molecule has 1 fully saturated rings. The minimum absolute atomic E-state index is 0.0111. The summed E-state index contributed by atoms with van der Waals surface area (Å²) in [5, 5.41) is 6.20. The van der Waals surface area contributed by atoms with E-state index in [-0.39, 0.29) is 24.7 Å². The molecule has 14 heteroatoms. The Morgan fingerprint density at radius 1 is 1.03 bits per heavy atom. The van der Waals surface area contributed by atoms with Crippen molar-refractivity contribution in [3.63, 3.8) is 0 Å². The fourth-order valence-corrected chi connectivity index (χ4v) is 6.37. The molecule has 38 heavy (non-hydrogen) atoms. The minimum atomic E-state index is -4.88. The number of nitrogens with two attached hydrogens (primary N) is 1. The summed E-state index contributed by atoms with van der Waals surface area (Å²) in [6.45, 7) is 0.948. The van der Waals surface area contributed by atoms with Crippen LogP contribution in [0.3, 0.4) is 0 Å². The molecule has 0 unspecified atom stereocenters. The lowest BCUT2D eigenvalue weighted by Crippen LogP contribution is -2.46. The van der Waals surface area contributed by atoms with E-state index in [1.807, 2.05) is 24.3 Å². The highest BCUT2D eigenvalue weighted by Gasteiger charge is 2.39. The molecule has 0 aliphatic carbocycles. The molecule has 2 aromatic carbocycles. The van der Waals surface area contributed by atoms with Gasteiger partial charge in [0, 0.05) is 49.8 Å². The Morgan fingerprint density at radius 2 is 1.74 bits per heavy atom. The zero-order valence-corrected chi connectivity index (χ0v) is 21.4. The number of piperazine rings is 1. The molecule has 0 spiro atoms. The molecule has 0 saturated carbocycles. The van der Waals surface area contributed by atoms with Gasteiger partial charge in [-0.15, -0.1) is 0 Å². The van der Waals surface area contributed by atoms with Crippen LogP contribution >= 0.6 is 11.3 Å². The Kier molecular flexibility index (Phi) is 7.05. The van der Waals surface area contributed by atoms with Crippen LogP contribution in [0, 0.1) is 0 Å². The van der Waals surface area contributed by atoms with E-state index in [2.05, 4.69) is 25.6 Å². The highest BCUT2D eigenvalue weighted by Crippen LogP contribution is 2.37. The Hall–Kier alpha value is -3.59.